The molecule has 0 unspecified atom stereocenters. The molecule has 2 aromatic carbocycles. The zero-order chi connectivity index (χ0) is 15.5. The van der Waals surface area contributed by atoms with E-state index in [0.717, 1.165) is 37.9 Å². The Morgan fingerprint density at radius 1 is 0.773 bits per heavy atom. The summed E-state index contributed by atoms with van der Waals surface area (Å²) in [5.74, 6) is 0.915. The first-order valence-corrected chi connectivity index (χ1v) is 8.08. The molecule has 0 radical (unpaired) electrons. The lowest BCUT2D eigenvalue weighted by Crippen LogP contribution is -1.98. The van der Waals surface area contributed by atoms with Gasteiger partial charge in [-0.05, 0) is 55.4 Å². The summed E-state index contributed by atoms with van der Waals surface area (Å²) in [7, 11) is 0. The fourth-order valence-corrected chi connectivity index (χ4v) is 2.42. The van der Waals surface area contributed by atoms with Crippen molar-refractivity contribution in [1.29, 1.82) is 0 Å². The average molecular weight is 296 g/mol. The van der Waals surface area contributed by atoms with Crippen LogP contribution in [0.4, 0.5) is 0 Å². The molecule has 0 aliphatic heterocycles. The molecule has 2 heteroatoms. The van der Waals surface area contributed by atoms with Crippen LogP contribution in [0.1, 0.15) is 36.8 Å². The SMILES string of the molecule is O=CCCc1ccc(OCCCCCc2ccccc2)cc1. The Morgan fingerprint density at radius 3 is 2.23 bits per heavy atom. The van der Waals surface area contributed by atoms with Gasteiger partial charge in [0.15, 0.2) is 0 Å². The third kappa shape index (κ3) is 6.13. The number of carbonyl (C=O) groups excluding carboxylic acids is 1. The Labute approximate surface area is 133 Å². The molecular weight excluding hydrogens is 272 g/mol. The topological polar surface area (TPSA) is 26.3 Å². The van der Waals surface area contributed by atoms with Gasteiger partial charge in [0.25, 0.3) is 0 Å². The zero-order valence-electron chi connectivity index (χ0n) is 13.0. The second-order valence-electron chi connectivity index (χ2n) is 5.49. The van der Waals surface area contributed by atoms with E-state index in [9.17, 15) is 4.79 Å². The van der Waals surface area contributed by atoms with Crippen LogP contribution in [0.5, 0.6) is 5.75 Å². The third-order valence-electron chi connectivity index (χ3n) is 3.70. The summed E-state index contributed by atoms with van der Waals surface area (Å²) in [6.45, 7) is 0.766. The monoisotopic (exact) mass is 296 g/mol. The highest BCUT2D eigenvalue weighted by atomic mass is 16.5. The molecule has 116 valence electrons. The lowest BCUT2D eigenvalue weighted by molar-refractivity contribution is -0.107. The molecule has 0 saturated carbocycles. The van der Waals surface area contributed by atoms with Gasteiger partial charge in [0.05, 0.1) is 6.61 Å². The van der Waals surface area contributed by atoms with Gasteiger partial charge < -0.3 is 9.53 Å². The van der Waals surface area contributed by atoms with Crippen molar-refractivity contribution in [1.82, 2.24) is 0 Å². The van der Waals surface area contributed by atoms with E-state index < -0.39 is 0 Å². The van der Waals surface area contributed by atoms with Crippen LogP contribution >= 0.6 is 0 Å². The van der Waals surface area contributed by atoms with E-state index in [-0.39, 0.29) is 0 Å². The van der Waals surface area contributed by atoms with E-state index in [4.69, 9.17) is 4.74 Å². The Hall–Kier alpha value is -2.09. The molecule has 2 aromatic rings. The lowest BCUT2D eigenvalue weighted by Gasteiger charge is -2.07. The number of hydrogen-bond acceptors (Lipinski definition) is 2. The number of rotatable bonds is 10. The van der Waals surface area contributed by atoms with E-state index in [2.05, 4.69) is 30.3 Å². The van der Waals surface area contributed by atoms with Gasteiger partial charge in [-0.3, -0.25) is 0 Å². The molecule has 2 nitrogen and oxygen atoms in total. The second-order valence-corrected chi connectivity index (χ2v) is 5.49. The van der Waals surface area contributed by atoms with Crippen molar-refractivity contribution in [3.63, 3.8) is 0 Å². The minimum atomic E-state index is 0.585. The van der Waals surface area contributed by atoms with Crippen LogP contribution in [0.3, 0.4) is 0 Å². The van der Waals surface area contributed by atoms with Gasteiger partial charge in [-0.1, -0.05) is 42.5 Å². The summed E-state index contributed by atoms with van der Waals surface area (Å²) < 4.78 is 5.75. The van der Waals surface area contributed by atoms with Crippen LogP contribution in [0.15, 0.2) is 54.6 Å². The molecule has 0 saturated heterocycles. The van der Waals surface area contributed by atoms with Crippen molar-refractivity contribution in [2.45, 2.75) is 38.5 Å². The molecule has 0 aliphatic rings. The van der Waals surface area contributed by atoms with Crippen LogP contribution in [0, 0.1) is 0 Å². The van der Waals surface area contributed by atoms with Gasteiger partial charge >= 0.3 is 0 Å². The molecule has 0 aromatic heterocycles. The highest BCUT2D eigenvalue weighted by Crippen LogP contribution is 2.14. The third-order valence-corrected chi connectivity index (χ3v) is 3.70. The molecule has 0 aliphatic carbocycles. The maximum Gasteiger partial charge on any atom is 0.120 e. The van der Waals surface area contributed by atoms with E-state index in [0.29, 0.717) is 6.42 Å². The fourth-order valence-electron chi connectivity index (χ4n) is 2.42. The number of unbranched alkanes of at least 4 members (excludes halogenated alkanes) is 2. The number of aldehydes is 1. The quantitative estimate of drug-likeness (QED) is 0.473. The first-order chi connectivity index (χ1) is 10.9. The number of carbonyl (C=O) groups is 1. The minimum absolute atomic E-state index is 0.585. The summed E-state index contributed by atoms with van der Waals surface area (Å²) in [6.07, 6.45) is 6.97. The van der Waals surface area contributed by atoms with Crippen LogP contribution in [0.25, 0.3) is 0 Å². The van der Waals surface area contributed by atoms with Crippen LogP contribution in [-0.2, 0) is 17.6 Å². The van der Waals surface area contributed by atoms with Crippen molar-refractivity contribution in [2.75, 3.05) is 6.61 Å². The highest BCUT2D eigenvalue weighted by Gasteiger charge is 1.97. The molecule has 2 rings (SSSR count). The van der Waals surface area contributed by atoms with Crippen molar-refractivity contribution in [2.24, 2.45) is 0 Å². The Balaban J connectivity index is 1.57. The fraction of sp³-hybridized carbons (Fsp3) is 0.350. The molecule has 0 N–H and O–H groups in total. The summed E-state index contributed by atoms with van der Waals surface area (Å²) in [4.78, 5) is 10.3. The summed E-state index contributed by atoms with van der Waals surface area (Å²) in [5, 5.41) is 0. The van der Waals surface area contributed by atoms with Gasteiger partial charge in [0, 0.05) is 6.42 Å². The van der Waals surface area contributed by atoms with Crippen molar-refractivity contribution in [3.8, 4) is 5.75 Å². The van der Waals surface area contributed by atoms with Gasteiger partial charge in [0.1, 0.15) is 12.0 Å². The summed E-state index contributed by atoms with van der Waals surface area (Å²) >= 11 is 0. The average Bonchev–Trinajstić information content (AvgIpc) is 2.58. The predicted octanol–water partition coefficient (Wildman–Crippen LogP) is 4.61. The van der Waals surface area contributed by atoms with Crippen LogP contribution in [0.2, 0.25) is 0 Å². The number of aryl methyl sites for hydroxylation is 2. The minimum Gasteiger partial charge on any atom is -0.494 e. The summed E-state index contributed by atoms with van der Waals surface area (Å²) in [5.41, 5.74) is 2.59. The first kappa shape index (κ1) is 16.3. The molecule has 0 spiro atoms. The van der Waals surface area contributed by atoms with Gasteiger partial charge in [-0.15, -0.1) is 0 Å². The maximum absolute atomic E-state index is 10.3. The maximum atomic E-state index is 10.3. The standard InChI is InChI=1S/C20H24O2/c21-16-7-11-19-12-14-20(15-13-19)22-17-6-2-5-10-18-8-3-1-4-9-18/h1,3-4,8-9,12-16H,2,5-7,10-11,17H2. The van der Waals surface area contributed by atoms with E-state index >= 15 is 0 Å². The predicted molar refractivity (Wildman–Crippen MR) is 90.3 cm³/mol. The largest absolute Gasteiger partial charge is 0.494 e. The number of benzene rings is 2. The zero-order valence-corrected chi connectivity index (χ0v) is 13.0. The van der Waals surface area contributed by atoms with Gasteiger partial charge in [0.2, 0.25) is 0 Å². The first-order valence-electron chi connectivity index (χ1n) is 8.08. The van der Waals surface area contributed by atoms with Crippen LogP contribution in [-0.4, -0.2) is 12.9 Å². The molecule has 0 bridgehead atoms. The number of ether oxygens (including phenoxy) is 1. The molecule has 0 atom stereocenters. The molecule has 0 amide bonds. The molecule has 22 heavy (non-hydrogen) atoms. The van der Waals surface area contributed by atoms with Crippen molar-refractivity contribution < 1.29 is 9.53 Å². The Bertz CT molecular complexity index is 531. The van der Waals surface area contributed by atoms with Crippen molar-refractivity contribution >= 4 is 6.29 Å². The normalized spacial score (nSPS) is 10.4. The van der Waals surface area contributed by atoms with Crippen LogP contribution < -0.4 is 4.74 Å². The Kier molecular flexibility index (Phi) is 7.24. The number of hydrogen-bond donors (Lipinski definition) is 0. The second kappa shape index (κ2) is 9.78. The van der Waals surface area contributed by atoms with E-state index in [1.165, 1.54) is 24.0 Å². The van der Waals surface area contributed by atoms with Gasteiger partial charge in [-0.25, -0.2) is 0 Å². The Morgan fingerprint density at radius 2 is 1.50 bits per heavy atom. The van der Waals surface area contributed by atoms with Crippen molar-refractivity contribution in [3.05, 3.63) is 65.7 Å². The summed E-state index contributed by atoms with van der Waals surface area (Å²) in [6, 6.07) is 18.7. The lowest BCUT2D eigenvalue weighted by atomic mass is 10.1. The highest BCUT2D eigenvalue weighted by molar-refractivity contribution is 5.50. The smallest absolute Gasteiger partial charge is 0.120 e. The molecule has 0 heterocycles. The molecular formula is C20H24O2. The van der Waals surface area contributed by atoms with Gasteiger partial charge in [-0.2, -0.15) is 0 Å². The van der Waals surface area contributed by atoms with E-state index in [1.54, 1.807) is 0 Å². The van der Waals surface area contributed by atoms with E-state index in [1.807, 2.05) is 24.3 Å². The molecule has 0 fully saturated rings.